The lowest BCUT2D eigenvalue weighted by molar-refractivity contribution is -0.129. The highest BCUT2D eigenvalue weighted by Gasteiger charge is 2.41. The second kappa shape index (κ2) is 8.57. The molecule has 1 aromatic heterocycles. The molecule has 0 unspecified atom stereocenters. The van der Waals surface area contributed by atoms with E-state index in [0.29, 0.717) is 18.8 Å². The third-order valence-corrected chi connectivity index (χ3v) is 6.80. The third kappa shape index (κ3) is 4.15. The van der Waals surface area contributed by atoms with Crippen LogP contribution in [0.5, 0.6) is 0 Å². The number of nitrogens with one attached hydrogen (secondary N) is 1. The summed E-state index contributed by atoms with van der Waals surface area (Å²) in [5.41, 5.74) is 1.88. The molecule has 1 fully saturated rings. The first kappa shape index (κ1) is 20.4. The van der Waals surface area contributed by atoms with Gasteiger partial charge in [-0.15, -0.1) is 10.2 Å². The summed E-state index contributed by atoms with van der Waals surface area (Å²) >= 11 is 0. The van der Waals surface area contributed by atoms with E-state index in [0.717, 1.165) is 55.8 Å². The van der Waals surface area contributed by atoms with E-state index in [1.54, 1.807) is 0 Å². The van der Waals surface area contributed by atoms with E-state index in [9.17, 15) is 9.59 Å². The molecule has 3 aromatic rings. The highest BCUT2D eigenvalue weighted by atomic mass is 16.2. The van der Waals surface area contributed by atoms with Crippen LogP contribution in [0.15, 0.2) is 60.7 Å². The van der Waals surface area contributed by atoms with E-state index in [-0.39, 0.29) is 17.2 Å². The molecule has 2 aromatic carbocycles. The molecule has 0 saturated carbocycles. The first-order valence-electron chi connectivity index (χ1n) is 11.2. The fourth-order valence-corrected chi connectivity index (χ4v) is 4.92. The molecule has 32 heavy (non-hydrogen) atoms. The average Bonchev–Trinajstić information content (AvgIpc) is 3.38. The van der Waals surface area contributed by atoms with Gasteiger partial charge < -0.3 is 14.8 Å². The molecule has 3 heterocycles. The van der Waals surface area contributed by atoms with E-state index < -0.39 is 0 Å². The summed E-state index contributed by atoms with van der Waals surface area (Å²) < 4.78 is 1.96. The van der Waals surface area contributed by atoms with Crippen LogP contribution in [0.25, 0.3) is 0 Å². The van der Waals surface area contributed by atoms with Crippen LogP contribution < -0.4 is 5.32 Å². The Morgan fingerprint density at radius 1 is 0.906 bits per heavy atom. The van der Waals surface area contributed by atoms with Crippen molar-refractivity contribution < 1.29 is 9.59 Å². The topological polar surface area (TPSA) is 80.1 Å². The predicted octanol–water partition coefficient (Wildman–Crippen LogP) is 3.33. The number of rotatable bonds is 4. The lowest BCUT2D eigenvalue weighted by Crippen LogP contribution is -2.33. The Morgan fingerprint density at radius 3 is 2.41 bits per heavy atom. The molecule has 1 spiro atoms. The Kier molecular flexibility index (Phi) is 5.47. The minimum atomic E-state index is -0.239. The number of hydrogen-bond acceptors (Lipinski definition) is 4. The maximum atomic E-state index is 12.9. The number of anilines is 1. The second-order valence-electron chi connectivity index (χ2n) is 8.89. The lowest BCUT2D eigenvalue weighted by Gasteiger charge is -2.27. The molecule has 1 N–H and O–H groups in total. The summed E-state index contributed by atoms with van der Waals surface area (Å²) in [6, 6.07) is 19.3. The van der Waals surface area contributed by atoms with Gasteiger partial charge in [0, 0.05) is 31.7 Å². The van der Waals surface area contributed by atoms with Gasteiger partial charge in [0.25, 0.3) is 5.91 Å². The summed E-state index contributed by atoms with van der Waals surface area (Å²) in [5.74, 6) is 1.17. The van der Waals surface area contributed by atoms with Gasteiger partial charge in [0.2, 0.25) is 11.7 Å². The molecule has 1 saturated heterocycles. The van der Waals surface area contributed by atoms with Crippen molar-refractivity contribution >= 4 is 17.5 Å². The van der Waals surface area contributed by atoms with Crippen molar-refractivity contribution in [3.05, 3.63) is 77.9 Å². The monoisotopic (exact) mass is 429 g/mol. The van der Waals surface area contributed by atoms with Crippen LogP contribution in [0.3, 0.4) is 0 Å². The molecule has 2 aliphatic heterocycles. The molecule has 7 nitrogen and oxygen atoms in total. The number of likely N-dealkylation sites (tertiary alicyclic amines) is 1. The zero-order valence-corrected chi connectivity index (χ0v) is 18.0. The molecule has 5 rings (SSSR count). The van der Waals surface area contributed by atoms with E-state index in [2.05, 4.69) is 15.5 Å². The van der Waals surface area contributed by atoms with Gasteiger partial charge in [0.15, 0.2) is 0 Å². The molecular formula is C25H27N5O2. The molecule has 164 valence electrons. The number of para-hydroxylation sites is 1. The maximum absolute atomic E-state index is 12.9. The van der Waals surface area contributed by atoms with Gasteiger partial charge >= 0.3 is 0 Å². The minimum Gasteiger partial charge on any atom is -0.342 e. The molecule has 1 atom stereocenters. The standard InChI is InChI=1S/C25H27N5O2/c31-22(17-19-7-3-1-4-8-19)29-15-13-25(18-29)12-11-21-27-28-23(30(21)16-14-25)24(32)26-20-9-5-2-6-10-20/h1-10H,11-18H2,(H,26,32)/t25-/m1/s1. The quantitative estimate of drug-likeness (QED) is 0.690. The fourth-order valence-electron chi connectivity index (χ4n) is 4.92. The van der Waals surface area contributed by atoms with E-state index in [4.69, 9.17) is 0 Å². The van der Waals surface area contributed by atoms with Crippen LogP contribution in [-0.2, 0) is 24.2 Å². The van der Waals surface area contributed by atoms with E-state index in [1.807, 2.05) is 70.1 Å². The largest absolute Gasteiger partial charge is 0.342 e. The van der Waals surface area contributed by atoms with Gasteiger partial charge in [0.1, 0.15) is 5.82 Å². The SMILES string of the molecule is O=C(Nc1ccccc1)c1nnc2n1CC[C@@]1(CC2)CCN(C(=O)Cc2ccccc2)C1. The molecule has 0 bridgehead atoms. The van der Waals surface area contributed by atoms with Crippen LogP contribution in [0.2, 0.25) is 0 Å². The summed E-state index contributed by atoms with van der Waals surface area (Å²) in [7, 11) is 0. The summed E-state index contributed by atoms with van der Waals surface area (Å²) in [6.07, 6.45) is 4.09. The van der Waals surface area contributed by atoms with Gasteiger partial charge in [-0.05, 0) is 42.4 Å². The van der Waals surface area contributed by atoms with E-state index in [1.165, 1.54) is 0 Å². The summed E-state index contributed by atoms with van der Waals surface area (Å²) in [5, 5.41) is 11.4. The van der Waals surface area contributed by atoms with Gasteiger partial charge in [-0.3, -0.25) is 9.59 Å². The smallest absolute Gasteiger partial charge is 0.293 e. The Morgan fingerprint density at radius 2 is 1.62 bits per heavy atom. The van der Waals surface area contributed by atoms with Crippen LogP contribution in [0, 0.1) is 5.41 Å². The van der Waals surface area contributed by atoms with Crippen LogP contribution >= 0.6 is 0 Å². The molecule has 2 amide bonds. The summed E-state index contributed by atoms with van der Waals surface area (Å²) in [4.78, 5) is 27.7. The van der Waals surface area contributed by atoms with Gasteiger partial charge in [-0.1, -0.05) is 48.5 Å². The van der Waals surface area contributed by atoms with Crippen LogP contribution in [0.1, 0.15) is 41.3 Å². The summed E-state index contributed by atoms with van der Waals surface area (Å²) in [6.45, 7) is 2.27. The van der Waals surface area contributed by atoms with E-state index >= 15 is 0 Å². The Labute approximate surface area is 187 Å². The Balaban J connectivity index is 1.24. The van der Waals surface area contributed by atoms with Gasteiger partial charge in [-0.2, -0.15) is 0 Å². The predicted molar refractivity (Wildman–Crippen MR) is 121 cm³/mol. The first-order chi connectivity index (χ1) is 15.6. The molecule has 0 radical (unpaired) electrons. The highest BCUT2D eigenvalue weighted by molar-refractivity contribution is 6.01. The zero-order chi connectivity index (χ0) is 22.0. The average molecular weight is 430 g/mol. The van der Waals surface area contributed by atoms with Crippen LogP contribution in [-0.4, -0.2) is 44.6 Å². The lowest BCUT2D eigenvalue weighted by atomic mass is 9.80. The minimum absolute atomic E-state index is 0.0836. The fraction of sp³-hybridized carbons (Fsp3) is 0.360. The number of aryl methyl sites for hydroxylation is 1. The molecular weight excluding hydrogens is 402 g/mol. The molecule has 7 heteroatoms. The van der Waals surface area contributed by atoms with Crippen molar-refractivity contribution in [3.8, 4) is 0 Å². The number of fused-ring (bicyclic) bond motifs is 1. The number of carbonyl (C=O) groups excluding carboxylic acids is 2. The normalized spacial score (nSPS) is 20.1. The number of benzene rings is 2. The second-order valence-corrected chi connectivity index (χ2v) is 8.89. The van der Waals surface area contributed by atoms with Crippen molar-refractivity contribution in [2.45, 2.75) is 38.6 Å². The molecule has 0 aliphatic carbocycles. The Bertz CT molecular complexity index is 1110. The zero-order valence-electron chi connectivity index (χ0n) is 18.0. The molecule has 2 aliphatic rings. The number of aromatic nitrogens is 3. The van der Waals surface area contributed by atoms with Gasteiger partial charge in [-0.25, -0.2) is 0 Å². The number of amides is 2. The van der Waals surface area contributed by atoms with Crippen molar-refractivity contribution in [1.82, 2.24) is 19.7 Å². The Hall–Kier alpha value is -3.48. The van der Waals surface area contributed by atoms with Crippen LogP contribution in [0.4, 0.5) is 5.69 Å². The third-order valence-electron chi connectivity index (χ3n) is 6.80. The van der Waals surface area contributed by atoms with Crippen molar-refractivity contribution in [2.75, 3.05) is 18.4 Å². The number of carbonyl (C=O) groups is 2. The highest BCUT2D eigenvalue weighted by Crippen LogP contribution is 2.41. The van der Waals surface area contributed by atoms with Crippen molar-refractivity contribution in [3.63, 3.8) is 0 Å². The van der Waals surface area contributed by atoms with Crippen molar-refractivity contribution in [1.29, 1.82) is 0 Å². The maximum Gasteiger partial charge on any atom is 0.293 e. The number of hydrogen-bond donors (Lipinski definition) is 1. The number of nitrogens with zero attached hydrogens (tertiary/aromatic N) is 4. The van der Waals surface area contributed by atoms with Gasteiger partial charge in [0.05, 0.1) is 6.42 Å². The first-order valence-corrected chi connectivity index (χ1v) is 11.2. The van der Waals surface area contributed by atoms with Crippen molar-refractivity contribution in [2.24, 2.45) is 5.41 Å².